The monoisotopic (exact) mass is 653 g/mol. The van der Waals surface area contributed by atoms with Gasteiger partial charge < -0.3 is 9.64 Å². The minimum absolute atomic E-state index is 0.0367. The molecule has 0 saturated heterocycles. The van der Waals surface area contributed by atoms with E-state index in [0.717, 1.165) is 50.6 Å². The fourth-order valence-electron chi connectivity index (χ4n) is 8.38. The Labute approximate surface area is 298 Å². The average molecular weight is 654 g/mol. The molecular weight excluding hydrogens is 619 g/mol. The average Bonchev–Trinajstić information content (AvgIpc) is 3.41. The molecule has 0 fully saturated rings. The molecule has 0 spiro atoms. The van der Waals surface area contributed by atoms with Crippen molar-refractivity contribution in [2.24, 2.45) is 0 Å². The molecule has 2 aliphatic rings. The van der Waals surface area contributed by atoms with Crippen molar-refractivity contribution in [1.82, 2.24) is 0 Å². The molecule has 242 valence electrons. The summed E-state index contributed by atoms with van der Waals surface area (Å²) in [6, 6.07) is 63.5. The molecule has 0 amide bonds. The first-order valence-corrected chi connectivity index (χ1v) is 17.7. The minimum atomic E-state index is -0.0367. The van der Waals surface area contributed by atoms with Gasteiger partial charge in [0.1, 0.15) is 11.5 Å². The normalized spacial score (nSPS) is 13.2. The van der Waals surface area contributed by atoms with Gasteiger partial charge in [-0.05, 0) is 110 Å². The fourth-order valence-corrected chi connectivity index (χ4v) is 8.38. The predicted octanol–water partition coefficient (Wildman–Crippen LogP) is 13.7. The van der Waals surface area contributed by atoms with E-state index in [1.807, 2.05) is 0 Å². The number of anilines is 3. The van der Waals surface area contributed by atoms with Crippen LogP contribution in [0.5, 0.6) is 11.5 Å². The lowest BCUT2D eigenvalue weighted by molar-refractivity contribution is 0.487. The summed E-state index contributed by atoms with van der Waals surface area (Å²) in [5.74, 6) is 1.79. The van der Waals surface area contributed by atoms with Crippen molar-refractivity contribution in [3.05, 3.63) is 187 Å². The SMILES string of the molecule is CC1(C)c2ccccc2-c2cc(N(c3ccccc3)c3cccc(-c4ccc5c6c(cccc46)-c4ccc(-c6ccccc6)cc4O5)c3)ccc21. The molecule has 2 heteroatoms. The van der Waals surface area contributed by atoms with Gasteiger partial charge in [0.15, 0.2) is 0 Å². The van der Waals surface area contributed by atoms with Crippen molar-refractivity contribution in [2.75, 3.05) is 4.90 Å². The second-order valence-electron chi connectivity index (χ2n) is 14.1. The van der Waals surface area contributed by atoms with Gasteiger partial charge in [-0.2, -0.15) is 0 Å². The van der Waals surface area contributed by atoms with Crippen LogP contribution in [0, 0.1) is 0 Å². The number of hydrogen-bond acceptors (Lipinski definition) is 2. The summed E-state index contributed by atoms with van der Waals surface area (Å²) in [4.78, 5) is 2.38. The zero-order chi connectivity index (χ0) is 34.1. The van der Waals surface area contributed by atoms with Crippen LogP contribution >= 0.6 is 0 Å². The molecule has 0 radical (unpaired) electrons. The molecule has 0 unspecified atom stereocenters. The molecule has 0 N–H and O–H groups in total. The minimum Gasteiger partial charge on any atom is -0.456 e. The fraction of sp³-hybridized carbons (Fsp3) is 0.0612. The summed E-state index contributed by atoms with van der Waals surface area (Å²) in [6.07, 6.45) is 0. The Morgan fingerprint density at radius 1 is 0.392 bits per heavy atom. The van der Waals surface area contributed by atoms with Gasteiger partial charge in [0.05, 0.1) is 0 Å². The largest absolute Gasteiger partial charge is 0.456 e. The van der Waals surface area contributed by atoms with Crippen molar-refractivity contribution in [3.8, 4) is 56.0 Å². The number of hydrogen-bond donors (Lipinski definition) is 0. The molecule has 1 aliphatic carbocycles. The van der Waals surface area contributed by atoms with Crippen molar-refractivity contribution in [1.29, 1.82) is 0 Å². The Morgan fingerprint density at radius 2 is 1.06 bits per heavy atom. The summed E-state index contributed by atoms with van der Waals surface area (Å²) >= 11 is 0. The zero-order valence-corrected chi connectivity index (χ0v) is 28.6. The lowest BCUT2D eigenvalue weighted by Gasteiger charge is -2.28. The van der Waals surface area contributed by atoms with Gasteiger partial charge in [0, 0.05) is 33.4 Å². The van der Waals surface area contributed by atoms with Crippen LogP contribution in [-0.4, -0.2) is 0 Å². The van der Waals surface area contributed by atoms with Crippen LogP contribution in [-0.2, 0) is 5.41 Å². The molecule has 0 saturated carbocycles. The Morgan fingerprint density at radius 3 is 1.92 bits per heavy atom. The van der Waals surface area contributed by atoms with Gasteiger partial charge in [-0.3, -0.25) is 0 Å². The van der Waals surface area contributed by atoms with Crippen LogP contribution in [0.3, 0.4) is 0 Å². The molecule has 1 heterocycles. The highest BCUT2D eigenvalue weighted by atomic mass is 16.5. The predicted molar refractivity (Wildman–Crippen MR) is 213 cm³/mol. The number of nitrogens with zero attached hydrogens (tertiary/aromatic N) is 1. The summed E-state index contributed by atoms with van der Waals surface area (Å²) in [6.45, 7) is 4.67. The van der Waals surface area contributed by atoms with E-state index in [4.69, 9.17) is 4.74 Å². The molecule has 51 heavy (non-hydrogen) atoms. The van der Waals surface area contributed by atoms with E-state index in [1.54, 1.807) is 0 Å². The van der Waals surface area contributed by atoms with E-state index < -0.39 is 0 Å². The standard InChI is InChI=1S/C49H35NO/c1-49(2)44-22-10-9-19-39(44)43-31-37(24-27-45(43)49)50(35-16-7-4-8-17-35)36-18-11-15-34(29-36)38-26-28-46-48-41(38)20-12-21-42(48)40-25-23-33(30-47(40)51-46)32-13-5-3-6-14-32/h3-31H,1-2H3. The van der Waals surface area contributed by atoms with Crippen LogP contribution in [0.1, 0.15) is 25.0 Å². The first-order chi connectivity index (χ1) is 25.0. The number of ether oxygens (including phenoxy) is 1. The summed E-state index contributed by atoms with van der Waals surface area (Å²) in [7, 11) is 0. The smallest absolute Gasteiger partial charge is 0.135 e. The van der Waals surface area contributed by atoms with E-state index in [0.29, 0.717) is 0 Å². The van der Waals surface area contributed by atoms with E-state index in [9.17, 15) is 0 Å². The highest BCUT2D eigenvalue weighted by Gasteiger charge is 2.35. The van der Waals surface area contributed by atoms with Gasteiger partial charge in [0.25, 0.3) is 0 Å². The van der Waals surface area contributed by atoms with Crippen LogP contribution in [0.25, 0.3) is 55.3 Å². The van der Waals surface area contributed by atoms with E-state index >= 15 is 0 Å². The molecular formula is C49H35NO. The number of para-hydroxylation sites is 1. The summed E-state index contributed by atoms with van der Waals surface area (Å²) in [5, 5.41) is 2.34. The zero-order valence-electron chi connectivity index (χ0n) is 28.6. The Bertz CT molecular complexity index is 2640. The van der Waals surface area contributed by atoms with Gasteiger partial charge in [-0.1, -0.05) is 135 Å². The van der Waals surface area contributed by atoms with Gasteiger partial charge in [-0.25, -0.2) is 0 Å². The lowest BCUT2D eigenvalue weighted by Crippen LogP contribution is -2.15. The molecule has 0 bridgehead atoms. The van der Waals surface area contributed by atoms with E-state index in [-0.39, 0.29) is 5.41 Å². The maximum Gasteiger partial charge on any atom is 0.135 e. The third-order valence-electron chi connectivity index (χ3n) is 10.9. The van der Waals surface area contributed by atoms with Crippen LogP contribution in [0.4, 0.5) is 17.1 Å². The maximum atomic E-state index is 6.65. The second kappa shape index (κ2) is 11.3. The van der Waals surface area contributed by atoms with Crippen molar-refractivity contribution >= 4 is 27.8 Å². The first-order valence-electron chi connectivity index (χ1n) is 17.7. The highest BCUT2D eigenvalue weighted by molar-refractivity contribution is 6.10. The van der Waals surface area contributed by atoms with Crippen LogP contribution in [0.15, 0.2) is 176 Å². The summed E-state index contributed by atoms with van der Waals surface area (Å²) < 4.78 is 6.65. The number of benzene rings is 8. The van der Waals surface area contributed by atoms with Crippen molar-refractivity contribution < 1.29 is 4.74 Å². The third-order valence-corrected chi connectivity index (χ3v) is 10.9. The number of fused-ring (bicyclic) bond motifs is 5. The Hall–Kier alpha value is -6.38. The molecule has 10 rings (SSSR count). The topological polar surface area (TPSA) is 12.5 Å². The third kappa shape index (κ3) is 4.64. The summed E-state index contributed by atoms with van der Waals surface area (Å²) in [5.41, 5.74) is 15.7. The maximum absolute atomic E-state index is 6.65. The van der Waals surface area contributed by atoms with Crippen molar-refractivity contribution in [3.63, 3.8) is 0 Å². The van der Waals surface area contributed by atoms with Gasteiger partial charge >= 0.3 is 0 Å². The highest BCUT2D eigenvalue weighted by Crippen LogP contribution is 2.52. The van der Waals surface area contributed by atoms with Crippen LogP contribution in [0.2, 0.25) is 0 Å². The molecule has 0 aromatic heterocycles. The Kier molecular flexibility index (Phi) is 6.56. The molecule has 1 aliphatic heterocycles. The molecule has 8 aromatic carbocycles. The van der Waals surface area contributed by atoms with Crippen LogP contribution < -0.4 is 9.64 Å². The quantitative estimate of drug-likeness (QED) is 0.183. The molecule has 2 nitrogen and oxygen atoms in total. The second-order valence-corrected chi connectivity index (χ2v) is 14.1. The first kappa shape index (κ1) is 29.5. The van der Waals surface area contributed by atoms with E-state index in [1.165, 1.54) is 44.3 Å². The lowest BCUT2D eigenvalue weighted by atomic mass is 9.82. The van der Waals surface area contributed by atoms with Gasteiger partial charge in [0.2, 0.25) is 0 Å². The van der Waals surface area contributed by atoms with Gasteiger partial charge in [-0.15, -0.1) is 0 Å². The molecule has 0 atom stereocenters. The van der Waals surface area contributed by atoms with E-state index in [2.05, 4.69) is 195 Å². The Balaban J connectivity index is 1.09. The molecule has 8 aromatic rings. The van der Waals surface area contributed by atoms with Crippen molar-refractivity contribution in [2.45, 2.75) is 19.3 Å². The number of rotatable bonds is 5.